The third-order valence-electron chi connectivity index (χ3n) is 3.68. The molecule has 1 rings (SSSR count). The van der Waals surface area contributed by atoms with Crippen LogP contribution in [0.1, 0.15) is 39.7 Å². The van der Waals surface area contributed by atoms with Crippen LogP contribution in [0.3, 0.4) is 0 Å². The number of halogens is 1. The van der Waals surface area contributed by atoms with Crippen molar-refractivity contribution >= 4 is 19.6 Å². The van der Waals surface area contributed by atoms with Crippen LogP contribution < -0.4 is 5.19 Å². The topological polar surface area (TPSA) is 37.3 Å². The van der Waals surface area contributed by atoms with Crippen molar-refractivity contribution in [2.24, 2.45) is 0 Å². The van der Waals surface area contributed by atoms with E-state index >= 15 is 4.11 Å². The number of hydrogen-bond donors (Lipinski definition) is 1. The molecule has 0 radical (unpaired) electrons. The summed E-state index contributed by atoms with van der Waals surface area (Å²) in [5, 5.41) is 9.51. The van der Waals surface area contributed by atoms with Crippen LogP contribution in [-0.4, -0.2) is 19.5 Å². The van der Waals surface area contributed by atoms with Crippen LogP contribution in [0.5, 0.6) is 0 Å². The summed E-state index contributed by atoms with van der Waals surface area (Å²) in [7, 11) is -3.02. The summed E-state index contributed by atoms with van der Waals surface area (Å²) >= 11 is 0. The third kappa shape index (κ3) is 3.66. The molecular formula is C15H23FO2Si. The van der Waals surface area contributed by atoms with Crippen molar-refractivity contribution in [2.45, 2.75) is 51.6 Å². The van der Waals surface area contributed by atoms with Crippen LogP contribution >= 0.6 is 0 Å². The van der Waals surface area contributed by atoms with Crippen LogP contribution in [0.2, 0.25) is 11.1 Å². The van der Waals surface area contributed by atoms with Gasteiger partial charge < -0.3 is 9.21 Å². The molecule has 1 aromatic rings. The van der Waals surface area contributed by atoms with E-state index in [0.717, 1.165) is 10.8 Å². The molecule has 0 fully saturated rings. The number of benzene rings is 1. The molecule has 1 aromatic carbocycles. The van der Waals surface area contributed by atoms with Gasteiger partial charge in [0.25, 0.3) is 8.41 Å². The summed E-state index contributed by atoms with van der Waals surface area (Å²) in [5.41, 5.74) is 0.945. The summed E-state index contributed by atoms with van der Waals surface area (Å²) in [5.74, 6) is -0.818. The van der Waals surface area contributed by atoms with Crippen LogP contribution in [0.25, 0.3) is 0 Å². The van der Waals surface area contributed by atoms with Gasteiger partial charge in [-0.3, -0.25) is 4.79 Å². The Kier molecular flexibility index (Phi) is 5.29. The third-order valence-corrected chi connectivity index (χ3v) is 8.23. The predicted molar refractivity (Wildman–Crippen MR) is 79.1 cm³/mol. The van der Waals surface area contributed by atoms with Gasteiger partial charge in [-0.05, 0) is 28.3 Å². The molecule has 106 valence electrons. The van der Waals surface area contributed by atoms with Crippen molar-refractivity contribution in [3.8, 4) is 0 Å². The first-order valence-corrected chi connectivity index (χ1v) is 8.81. The summed E-state index contributed by atoms with van der Waals surface area (Å²) in [6.07, 6.45) is 0.553. The highest BCUT2D eigenvalue weighted by Gasteiger charge is 2.43. The summed E-state index contributed by atoms with van der Waals surface area (Å²) in [6.45, 7) is 7.76. The smallest absolute Gasteiger partial charge is 0.303 e. The monoisotopic (exact) mass is 282 g/mol. The molecule has 1 N–H and O–H groups in total. The number of carboxylic acids is 1. The van der Waals surface area contributed by atoms with Gasteiger partial charge in [0.2, 0.25) is 0 Å². The number of carbonyl (C=O) groups is 1. The van der Waals surface area contributed by atoms with E-state index in [9.17, 15) is 4.79 Å². The quantitative estimate of drug-likeness (QED) is 0.639. The van der Waals surface area contributed by atoms with Gasteiger partial charge in [0.1, 0.15) is 0 Å². The van der Waals surface area contributed by atoms with Crippen molar-refractivity contribution in [2.75, 3.05) is 0 Å². The average Bonchev–Trinajstić information content (AvgIpc) is 2.35. The van der Waals surface area contributed by atoms with E-state index in [1.54, 1.807) is 0 Å². The molecule has 0 heterocycles. The first-order chi connectivity index (χ1) is 8.78. The first kappa shape index (κ1) is 15.9. The van der Waals surface area contributed by atoms with E-state index in [-0.39, 0.29) is 17.5 Å². The van der Waals surface area contributed by atoms with Gasteiger partial charge >= 0.3 is 5.97 Å². The van der Waals surface area contributed by atoms with Crippen LogP contribution in [0.15, 0.2) is 24.3 Å². The Bertz CT molecular complexity index is 436. The Hall–Kier alpha value is -1.16. The normalized spacial score (nSPS) is 12.2. The molecule has 0 amide bonds. The molecule has 19 heavy (non-hydrogen) atoms. The first-order valence-electron chi connectivity index (χ1n) is 6.78. The fourth-order valence-electron chi connectivity index (χ4n) is 2.55. The van der Waals surface area contributed by atoms with Gasteiger partial charge in [0.05, 0.1) is 0 Å². The fourth-order valence-corrected chi connectivity index (χ4v) is 5.97. The van der Waals surface area contributed by atoms with E-state index < -0.39 is 14.4 Å². The standard InChI is InChI=1S/C15H23FO2Si/c1-11(2)19(16,12(3)4)14-7-5-6-13(10-14)8-9-15(17)18/h5-7,10-12H,8-9H2,1-4H3,(H,17,18)/i16+0. The highest BCUT2D eigenvalue weighted by Crippen LogP contribution is 2.33. The number of rotatable bonds is 6. The molecule has 0 aliphatic carbocycles. The zero-order valence-electron chi connectivity index (χ0n) is 12.1. The van der Waals surface area contributed by atoms with E-state index in [0.29, 0.717) is 6.42 Å². The maximum absolute atomic E-state index is 15.4. The van der Waals surface area contributed by atoms with Gasteiger partial charge in [0.15, 0.2) is 0 Å². The maximum atomic E-state index is 15.4. The second-order valence-corrected chi connectivity index (χ2v) is 10.1. The summed E-state index contributed by atoms with van der Waals surface area (Å²) in [6, 6.07) is 7.45. The Morgan fingerprint density at radius 2 is 1.84 bits per heavy atom. The minimum atomic E-state index is -3.02. The van der Waals surface area contributed by atoms with E-state index in [2.05, 4.69) is 0 Å². The Morgan fingerprint density at radius 1 is 1.26 bits per heavy atom. The molecule has 2 nitrogen and oxygen atoms in total. The Balaban J connectivity index is 3.06. The van der Waals surface area contributed by atoms with E-state index in [1.807, 2.05) is 52.0 Å². The Labute approximate surface area is 115 Å². The largest absolute Gasteiger partial charge is 0.481 e. The summed E-state index contributed by atoms with van der Waals surface area (Å²) in [4.78, 5) is 10.6. The lowest BCUT2D eigenvalue weighted by molar-refractivity contribution is -0.136. The second kappa shape index (κ2) is 6.33. The minimum absolute atomic E-state index is 0.0159. The van der Waals surface area contributed by atoms with Gasteiger partial charge in [0, 0.05) is 6.42 Å². The Morgan fingerprint density at radius 3 is 2.32 bits per heavy atom. The molecule has 0 spiro atoms. The molecule has 0 aliphatic rings. The average molecular weight is 282 g/mol. The lowest BCUT2D eigenvalue weighted by Gasteiger charge is -2.31. The molecular weight excluding hydrogens is 259 g/mol. The number of hydrogen-bond acceptors (Lipinski definition) is 1. The molecule has 0 aromatic heterocycles. The lowest BCUT2D eigenvalue weighted by atomic mass is 10.1. The van der Waals surface area contributed by atoms with Crippen molar-refractivity contribution < 1.29 is 14.0 Å². The lowest BCUT2D eigenvalue weighted by Crippen LogP contribution is -2.49. The van der Waals surface area contributed by atoms with Gasteiger partial charge in [-0.1, -0.05) is 52.0 Å². The molecule has 0 unspecified atom stereocenters. The van der Waals surface area contributed by atoms with Gasteiger partial charge in [-0.2, -0.15) is 0 Å². The molecule has 0 aliphatic heterocycles. The van der Waals surface area contributed by atoms with Gasteiger partial charge in [-0.25, -0.2) is 0 Å². The molecule has 4 heteroatoms. The zero-order chi connectivity index (χ0) is 14.6. The highest BCUT2D eigenvalue weighted by molar-refractivity contribution is 6.88. The highest BCUT2D eigenvalue weighted by atomic mass is 28.4. The fraction of sp³-hybridized carbons (Fsp3) is 0.533. The van der Waals surface area contributed by atoms with Crippen LogP contribution in [-0.2, 0) is 11.2 Å². The van der Waals surface area contributed by atoms with Crippen LogP contribution in [0.4, 0.5) is 4.11 Å². The van der Waals surface area contributed by atoms with E-state index in [1.165, 1.54) is 0 Å². The zero-order valence-corrected chi connectivity index (χ0v) is 13.1. The maximum Gasteiger partial charge on any atom is 0.303 e. The molecule has 0 saturated heterocycles. The van der Waals surface area contributed by atoms with Crippen LogP contribution in [0, 0.1) is 0 Å². The number of carboxylic acid groups (broad SMARTS) is 1. The summed E-state index contributed by atoms with van der Waals surface area (Å²) < 4.78 is 15.4. The molecule has 0 atom stereocenters. The second-order valence-electron chi connectivity index (χ2n) is 5.67. The van der Waals surface area contributed by atoms with Crippen molar-refractivity contribution in [3.63, 3.8) is 0 Å². The SMILES string of the molecule is CC(C)[Si]([19F])(c1cccc(CCC(=O)O)c1)C(C)C. The number of aryl methyl sites for hydroxylation is 1. The van der Waals surface area contributed by atoms with Crippen molar-refractivity contribution in [3.05, 3.63) is 29.8 Å². The minimum Gasteiger partial charge on any atom is -0.481 e. The van der Waals surface area contributed by atoms with Crippen molar-refractivity contribution in [1.82, 2.24) is 0 Å². The predicted octanol–water partition coefficient (Wildman–Crippen LogP) is 3.65. The van der Waals surface area contributed by atoms with Gasteiger partial charge in [-0.15, -0.1) is 0 Å². The van der Waals surface area contributed by atoms with E-state index in [4.69, 9.17) is 5.11 Å². The van der Waals surface area contributed by atoms with Crippen molar-refractivity contribution in [1.29, 1.82) is 0 Å². The molecule has 0 bridgehead atoms. The number of aliphatic carboxylic acids is 1. The molecule has 0 saturated carbocycles.